The molecule has 1 aliphatic rings. The summed E-state index contributed by atoms with van der Waals surface area (Å²) in [5.74, 6) is 3.10. The molecule has 1 saturated heterocycles. The fraction of sp³-hybridized carbons (Fsp3) is 0.417. The van der Waals surface area contributed by atoms with Gasteiger partial charge in [-0.25, -0.2) is 0 Å². The number of nitrogens with zero attached hydrogens (tertiary/aromatic N) is 1. The van der Waals surface area contributed by atoms with Crippen molar-refractivity contribution in [1.82, 2.24) is 0 Å². The molecule has 0 bridgehead atoms. The Morgan fingerprint density at radius 3 is 2.64 bits per heavy atom. The number of rotatable bonds is 1. The van der Waals surface area contributed by atoms with Crippen LogP contribution in [0.2, 0.25) is 0 Å². The maximum Gasteiger partial charge on any atom is 0.0994 e. The van der Waals surface area contributed by atoms with Crippen LogP contribution >= 0.6 is 11.8 Å². The molecule has 2 rings (SSSR count). The summed E-state index contributed by atoms with van der Waals surface area (Å²) >= 11 is 2.02. The fourth-order valence-electron chi connectivity index (χ4n) is 1.96. The van der Waals surface area contributed by atoms with Gasteiger partial charge in [0.05, 0.1) is 11.6 Å². The highest BCUT2D eigenvalue weighted by molar-refractivity contribution is 7.99. The lowest BCUT2D eigenvalue weighted by molar-refractivity contribution is 0.636. The fourth-order valence-corrected chi connectivity index (χ4v) is 3.07. The average molecular weight is 203 g/mol. The van der Waals surface area contributed by atoms with Gasteiger partial charge < -0.3 is 0 Å². The van der Waals surface area contributed by atoms with Crippen LogP contribution in [-0.4, -0.2) is 11.5 Å². The van der Waals surface area contributed by atoms with Crippen molar-refractivity contribution < 1.29 is 0 Å². The van der Waals surface area contributed by atoms with E-state index in [2.05, 4.69) is 12.1 Å². The molecule has 1 fully saturated rings. The first-order valence-electron chi connectivity index (χ1n) is 4.98. The zero-order valence-electron chi connectivity index (χ0n) is 8.07. The van der Waals surface area contributed by atoms with Gasteiger partial charge in [-0.1, -0.05) is 18.2 Å². The third-order valence-corrected chi connectivity index (χ3v) is 3.79. The Hall–Kier alpha value is -0.940. The van der Waals surface area contributed by atoms with Crippen molar-refractivity contribution in [3.05, 3.63) is 35.4 Å². The molecular formula is C12H13NS. The molecule has 14 heavy (non-hydrogen) atoms. The normalized spacial score (nSPS) is 17.6. The summed E-state index contributed by atoms with van der Waals surface area (Å²) in [6.45, 7) is 0. The maximum absolute atomic E-state index is 8.99. The Labute approximate surface area is 89.1 Å². The summed E-state index contributed by atoms with van der Waals surface area (Å²) in [6.07, 6.45) is 2.45. The SMILES string of the molecule is N#Cc1ccccc1C1CCSCC1. The number of thioether (sulfide) groups is 1. The minimum atomic E-state index is 0.618. The number of hydrogen-bond acceptors (Lipinski definition) is 2. The van der Waals surface area contributed by atoms with Crippen molar-refractivity contribution in [3.8, 4) is 6.07 Å². The molecule has 2 heteroatoms. The van der Waals surface area contributed by atoms with Gasteiger partial charge in [-0.15, -0.1) is 0 Å². The van der Waals surface area contributed by atoms with Crippen LogP contribution in [0.1, 0.15) is 29.9 Å². The van der Waals surface area contributed by atoms with E-state index in [1.807, 2.05) is 30.0 Å². The van der Waals surface area contributed by atoms with Gasteiger partial charge in [-0.3, -0.25) is 0 Å². The third-order valence-electron chi connectivity index (χ3n) is 2.74. The molecule has 1 aromatic rings. The van der Waals surface area contributed by atoms with E-state index in [0.29, 0.717) is 5.92 Å². The van der Waals surface area contributed by atoms with E-state index >= 15 is 0 Å². The van der Waals surface area contributed by atoms with Crippen LogP contribution in [0, 0.1) is 11.3 Å². The van der Waals surface area contributed by atoms with Crippen molar-refractivity contribution in [1.29, 1.82) is 5.26 Å². The molecule has 0 radical (unpaired) electrons. The Morgan fingerprint density at radius 2 is 1.93 bits per heavy atom. The van der Waals surface area contributed by atoms with Gasteiger partial charge in [-0.05, 0) is 41.9 Å². The molecule has 0 unspecified atom stereocenters. The second kappa shape index (κ2) is 4.52. The molecule has 0 atom stereocenters. The van der Waals surface area contributed by atoms with Gasteiger partial charge in [0.1, 0.15) is 0 Å². The van der Waals surface area contributed by atoms with E-state index in [-0.39, 0.29) is 0 Å². The molecule has 1 aliphatic heterocycles. The molecular weight excluding hydrogens is 190 g/mol. The highest BCUT2D eigenvalue weighted by atomic mass is 32.2. The molecule has 0 aliphatic carbocycles. The highest BCUT2D eigenvalue weighted by Crippen LogP contribution is 2.32. The van der Waals surface area contributed by atoms with E-state index in [0.717, 1.165) is 5.56 Å². The highest BCUT2D eigenvalue weighted by Gasteiger charge is 2.17. The quantitative estimate of drug-likeness (QED) is 0.700. The Bertz CT molecular complexity index is 348. The smallest absolute Gasteiger partial charge is 0.0994 e. The first-order chi connectivity index (χ1) is 6.92. The molecule has 0 amide bonds. The summed E-state index contributed by atoms with van der Waals surface area (Å²) in [6, 6.07) is 10.3. The largest absolute Gasteiger partial charge is 0.192 e. The zero-order valence-corrected chi connectivity index (χ0v) is 8.89. The van der Waals surface area contributed by atoms with Crippen molar-refractivity contribution in [2.24, 2.45) is 0 Å². The molecule has 0 spiro atoms. The molecule has 0 saturated carbocycles. The Balaban J connectivity index is 2.26. The summed E-state index contributed by atoms with van der Waals surface area (Å²) in [4.78, 5) is 0. The summed E-state index contributed by atoms with van der Waals surface area (Å²) in [5, 5.41) is 8.99. The van der Waals surface area contributed by atoms with Crippen LogP contribution in [0.5, 0.6) is 0 Å². The van der Waals surface area contributed by atoms with Gasteiger partial charge in [0.2, 0.25) is 0 Å². The van der Waals surface area contributed by atoms with Gasteiger partial charge in [0.15, 0.2) is 0 Å². The van der Waals surface area contributed by atoms with Crippen molar-refractivity contribution >= 4 is 11.8 Å². The Kier molecular flexibility index (Phi) is 3.10. The van der Waals surface area contributed by atoms with Crippen molar-refractivity contribution in [2.45, 2.75) is 18.8 Å². The minimum absolute atomic E-state index is 0.618. The molecule has 0 N–H and O–H groups in total. The van der Waals surface area contributed by atoms with E-state index < -0.39 is 0 Å². The summed E-state index contributed by atoms with van der Waals surface area (Å²) in [5.41, 5.74) is 2.12. The second-order valence-electron chi connectivity index (χ2n) is 3.59. The maximum atomic E-state index is 8.99. The second-order valence-corrected chi connectivity index (χ2v) is 4.81. The first kappa shape index (κ1) is 9.61. The van der Waals surface area contributed by atoms with Crippen LogP contribution in [0.25, 0.3) is 0 Å². The molecule has 1 heterocycles. The number of benzene rings is 1. The van der Waals surface area contributed by atoms with Gasteiger partial charge >= 0.3 is 0 Å². The lowest BCUT2D eigenvalue weighted by Gasteiger charge is -2.22. The topological polar surface area (TPSA) is 23.8 Å². The molecule has 72 valence electrons. The number of hydrogen-bond donors (Lipinski definition) is 0. The van der Waals surface area contributed by atoms with Crippen LogP contribution in [0.15, 0.2) is 24.3 Å². The Morgan fingerprint density at radius 1 is 1.21 bits per heavy atom. The number of nitriles is 1. The first-order valence-corrected chi connectivity index (χ1v) is 6.14. The predicted octanol–water partition coefficient (Wildman–Crippen LogP) is 3.17. The molecule has 1 aromatic carbocycles. The summed E-state index contributed by atoms with van der Waals surface area (Å²) < 4.78 is 0. The van der Waals surface area contributed by atoms with E-state index in [1.54, 1.807) is 0 Å². The lowest BCUT2D eigenvalue weighted by atomic mass is 9.90. The van der Waals surface area contributed by atoms with Gasteiger partial charge in [-0.2, -0.15) is 17.0 Å². The van der Waals surface area contributed by atoms with Crippen molar-refractivity contribution in [2.75, 3.05) is 11.5 Å². The van der Waals surface area contributed by atoms with Crippen molar-refractivity contribution in [3.63, 3.8) is 0 Å². The molecule has 1 nitrogen and oxygen atoms in total. The van der Waals surface area contributed by atoms with Gasteiger partial charge in [0.25, 0.3) is 0 Å². The lowest BCUT2D eigenvalue weighted by Crippen LogP contribution is -2.09. The van der Waals surface area contributed by atoms with E-state index in [1.165, 1.54) is 29.9 Å². The third kappa shape index (κ3) is 1.93. The monoisotopic (exact) mass is 203 g/mol. The van der Waals surface area contributed by atoms with Crippen LogP contribution in [-0.2, 0) is 0 Å². The minimum Gasteiger partial charge on any atom is -0.192 e. The molecule has 0 aromatic heterocycles. The standard InChI is InChI=1S/C12H13NS/c13-9-11-3-1-2-4-12(11)10-5-7-14-8-6-10/h1-4,10H,5-8H2. The average Bonchev–Trinajstić information content (AvgIpc) is 2.30. The van der Waals surface area contributed by atoms with Crippen LogP contribution in [0.4, 0.5) is 0 Å². The van der Waals surface area contributed by atoms with Crippen LogP contribution < -0.4 is 0 Å². The summed E-state index contributed by atoms with van der Waals surface area (Å²) in [7, 11) is 0. The van der Waals surface area contributed by atoms with Crippen LogP contribution in [0.3, 0.4) is 0 Å². The van der Waals surface area contributed by atoms with E-state index in [9.17, 15) is 0 Å². The zero-order chi connectivity index (χ0) is 9.80. The predicted molar refractivity (Wildman–Crippen MR) is 60.5 cm³/mol. The van der Waals surface area contributed by atoms with Gasteiger partial charge in [0, 0.05) is 0 Å². The van der Waals surface area contributed by atoms with E-state index in [4.69, 9.17) is 5.26 Å².